The Morgan fingerprint density at radius 2 is 1.71 bits per heavy atom. The van der Waals surface area contributed by atoms with Crippen molar-refractivity contribution in [2.24, 2.45) is 10.8 Å². The van der Waals surface area contributed by atoms with Crippen LogP contribution >= 0.6 is 12.2 Å². The first-order valence-electron chi connectivity index (χ1n) is 7.82. The van der Waals surface area contributed by atoms with Crippen molar-refractivity contribution in [2.75, 3.05) is 6.54 Å². The molecule has 1 amide bonds. The predicted octanol–water partition coefficient (Wildman–Crippen LogP) is 2.86. The molecule has 0 saturated heterocycles. The quantitative estimate of drug-likeness (QED) is 0.659. The Balaban J connectivity index is 3.03. The van der Waals surface area contributed by atoms with Gasteiger partial charge in [0.1, 0.15) is 6.04 Å². The standard InChI is InChI=1S/C18H26N2O3S/c1-12(24)19-11-17(2,3)18(4,5)14(16(22)23)20-15(21)13-9-7-6-8-10-13/h6-10,14H,11H2,1-5H3,(H,19,24)(H,20,21)(H,22,23)/t14-/m1/s1. The SMILES string of the molecule is CC(=S)NCC(C)(C)C(C)(C)[C@H](NC(=O)c1ccccc1)C(=O)O. The highest BCUT2D eigenvalue weighted by Gasteiger charge is 2.47. The largest absolute Gasteiger partial charge is 0.480 e. The fraction of sp³-hybridized carbons (Fsp3) is 0.500. The van der Waals surface area contributed by atoms with E-state index >= 15 is 0 Å². The first-order chi connectivity index (χ1) is 11.0. The number of thiocarbonyl (C=S) groups is 1. The van der Waals surface area contributed by atoms with Crippen LogP contribution in [0.25, 0.3) is 0 Å². The average molecular weight is 350 g/mol. The summed E-state index contributed by atoms with van der Waals surface area (Å²) in [5.74, 6) is -1.46. The molecule has 0 saturated carbocycles. The third-order valence-electron chi connectivity index (χ3n) is 4.80. The molecule has 3 N–H and O–H groups in total. The molecular weight excluding hydrogens is 324 g/mol. The summed E-state index contributed by atoms with van der Waals surface area (Å²) in [7, 11) is 0. The summed E-state index contributed by atoms with van der Waals surface area (Å²) in [6.07, 6.45) is 0. The van der Waals surface area contributed by atoms with E-state index in [-0.39, 0.29) is 0 Å². The Kier molecular flexibility index (Phi) is 6.49. The van der Waals surface area contributed by atoms with Crippen LogP contribution in [0.2, 0.25) is 0 Å². The number of carbonyl (C=O) groups is 2. The van der Waals surface area contributed by atoms with Gasteiger partial charge in [-0.25, -0.2) is 4.79 Å². The van der Waals surface area contributed by atoms with Crippen molar-refractivity contribution < 1.29 is 14.7 Å². The zero-order chi connectivity index (χ0) is 18.5. The summed E-state index contributed by atoms with van der Waals surface area (Å²) in [5, 5.41) is 15.4. The molecule has 0 spiro atoms. The summed E-state index contributed by atoms with van der Waals surface area (Å²) >= 11 is 5.04. The second-order valence-electron chi connectivity index (χ2n) is 7.13. The molecule has 0 radical (unpaired) electrons. The van der Waals surface area contributed by atoms with Gasteiger partial charge in [0, 0.05) is 17.5 Å². The Morgan fingerprint density at radius 1 is 1.17 bits per heavy atom. The molecule has 0 unspecified atom stereocenters. The number of benzene rings is 1. The van der Waals surface area contributed by atoms with Crippen LogP contribution in [0, 0.1) is 10.8 Å². The van der Waals surface area contributed by atoms with E-state index in [1.165, 1.54) is 0 Å². The van der Waals surface area contributed by atoms with E-state index in [1.54, 1.807) is 37.3 Å². The van der Waals surface area contributed by atoms with Crippen molar-refractivity contribution in [3.8, 4) is 0 Å². The lowest BCUT2D eigenvalue weighted by atomic mass is 9.63. The fourth-order valence-corrected chi connectivity index (χ4v) is 2.39. The fourth-order valence-electron chi connectivity index (χ4n) is 2.32. The van der Waals surface area contributed by atoms with E-state index in [0.29, 0.717) is 17.1 Å². The normalized spacial score (nSPS) is 13.0. The highest BCUT2D eigenvalue weighted by atomic mass is 32.1. The van der Waals surface area contributed by atoms with Crippen LogP contribution in [0.1, 0.15) is 45.0 Å². The van der Waals surface area contributed by atoms with Gasteiger partial charge in [-0.2, -0.15) is 0 Å². The van der Waals surface area contributed by atoms with E-state index in [9.17, 15) is 14.7 Å². The minimum absolute atomic E-state index is 0.397. The molecule has 1 aromatic carbocycles. The lowest BCUT2D eigenvalue weighted by Crippen LogP contribution is -2.58. The lowest BCUT2D eigenvalue weighted by Gasteiger charge is -2.45. The molecule has 0 fully saturated rings. The average Bonchev–Trinajstić information content (AvgIpc) is 2.50. The van der Waals surface area contributed by atoms with E-state index in [4.69, 9.17) is 12.2 Å². The number of amides is 1. The minimum atomic E-state index is -1.06. The molecular formula is C18H26N2O3S. The number of hydrogen-bond donors (Lipinski definition) is 3. The van der Waals surface area contributed by atoms with Gasteiger partial charge in [-0.3, -0.25) is 4.79 Å². The zero-order valence-electron chi connectivity index (χ0n) is 14.8. The van der Waals surface area contributed by atoms with Crippen LogP contribution in [0.15, 0.2) is 30.3 Å². The molecule has 132 valence electrons. The van der Waals surface area contributed by atoms with Crippen LogP contribution < -0.4 is 10.6 Å². The monoisotopic (exact) mass is 350 g/mol. The molecule has 1 atom stereocenters. The third kappa shape index (κ3) is 4.77. The molecule has 24 heavy (non-hydrogen) atoms. The molecule has 0 aliphatic rings. The second kappa shape index (κ2) is 7.75. The van der Waals surface area contributed by atoms with Gasteiger partial charge in [-0.05, 0) is 24.5 Å². The molecule has 0 heterocycles. The number of carbonyl (C=O) groups excluding carboxylic acids is 1. The van der Waals surface area contributed by atoms with Gasteiger partial charge < -0.3 is 15.7 Å². The maximum absolute atomic E-state index is 12.4. The maximum atomic E-state index is 12.4. The molecule has 0 aliphatic carbocycles. The molecule has 1 rings (SSSR count). The van der Waals surface area contributed by atoms with Gasteiger partial charge >= 0.3 is 5.97 Å². The Hall–Kier alpha value is -1.95. The minimum Gasteiger partial charge on any atom is -0.480 e. The molecule has 0 aromatic heterocycles. The van der Waals surface area contributed by atoms with Crippen molar-refractivity contribution in [3.05, 3.63) is 35.9 Å². The van der Waals surface area contributed by atoms with E-state index in [0.717, 1.165) is 0 Å². The van der Waals surface area contributed by atoms with E-state index < -0.39 is 28.7 Å². The first-order valence-corrected chi connectivity index (χ1v) is 8.23. The van der Waals surface area contributed by atoms with Gasteiger partial charge in [-0.15, -0.1) is 0 Å². The summed E-state index contributed by atoms with van der Waals surface area (Å²) in [4.78, 5) is 24.9. The van der Waals surface area contributed by atoms with Crippen LogP contribution in [0.3, 0.4) is 0 Å². The molecule has 0 bridgehead atoms. The number of carboxylic acids is 1. The van der Waals surface area contributed by atoms with Crippen molar-refractivity contribution in [2.45, 2.75) is 40.7 Å². The van der Waals surface area contributed by atoms with Crippen LogP contribution in [-0.2, 0) is 4.79 Å². The highest BCUT2D eigenvalue weighted by Crippen LogP contribution is 2.41. The topological polar surface area (TPSA) is 78.4 Å². The Bertz CT molecular complexity index is 612. The van der Waals surface area contributed by atoms with Gasteiger partial charge in [0.05, 0.1) is 4.99 Å². The van der Waals surface area contributed by atoms with Crippen molar-refractivity contribution in [3.63, 3.8) is 0 Å². The number of aliphatic carboxylic acids is 1. The maximum Gasteiger partial charge on any atom is 0.326 e. The summed E-state index contributed by atoms with van der Waals surface area (Å²) in [5.41, 5.74) is -0.716. The highest BCUT2D eigenvalue weighted by molar-refractivity contribution is 7.80. The van der Waals surface area contributed by atoms with Gasteiger partial charge in [0.15, 0.2) is 0 Å². The van der Waals surface area contributed by atoms with Crippen LogP contribution in [0.4, 0.5) is 0 Å². The number of carboxylic acid groups (broad SMARTS) is 1. The second-order valence-corrected chi connectivity index (χ2v) is 7.74. The lowest BCUT2D eigenvalue weighted by molar-refractivity contribution is -0.145. The van der Waals surface area contributed by atoms with Crippen LogP contribution in [0.5, 0.6) is 0 Å². The molecule has 5 nitrogen and oxygen atoms in total. The first kappa shape index (κ1) is 20.1. The Morgan fingerprint density at radius 3 is 2.17 bits per heavy atom. The van der Waals surface area contributed by atoms with E-state index in [2.05, 4.69) is 10.6 Å². The van der Waals surface area contributed by atoms with Gasteiger partial charge in [0.2, 0.25) is 0 Å². The van der Waals surface area contributed by atoms with Crippen molar-refractivity contribution in [1.82, 2.24) is 10.6 Å². The Labute approximate surface area is 148 Å². The summed E-state index contributed by atoms with van der Waals surface area (Å²) in [6, 6.07) is 7.56. The molecule has 0 aliphatic heterocycles. The number of hydrogen-bond acceptors (Lipinski definition) is 3. The summed E-state index contributed by atoms with van der Waals surface area (Å²) in [6.45, 7) is 9.91. The number of rotatable bonds is 7. The van der Waals surface area contributed by atoms with Crippen LogP contribution in [-0.4, -0.2) is 34.6 Å². The third-order valence-corrected chi connectivity index (χ3v) is 4.95. The van der Waals surface area contributed by atoms with E-state index in [1.807, 2.05) is 27.7 Å². The molecule has 6 heteroatoms. The van der Waals surface area contributed by atoms with Crippen molar-refractivity contribution in [1.29, 1.82) is 0 Å². The van der Waals surface area contributed by atoms with Gasteiger partial charge in [-0.1, -0.05) is 58.1 Å². The smallest absolute Gasteiger partial charge is 0.326 e. The summed E-state index contributed by atoms with van der Waals surface area (Å²) < 4.78 is 0. The molecule has 1 aromatic rings. The zero-order valence-corrected chi connectivity index (χ0v) is 15.7. The van der Waals surface area contributed by atoms with Gasteiger partial charge in [0.25, 0.3) is 5.91 Å². The number of nitrogens with one attached hydrogen (secondary N) is 2. The van der Waals surface area contributed by atoms with Crippen molar-refractivity contribution >= 4 is 29.1 Å². The predicted molar refractivity (Wildman–Crippen MR) is 99.2 cm³/mol.